The van der Waals surface area contributed by atoms with Crippen molar-refractivity contribution in [2.24, 2.45) is 0 Å². The first-order chi connectivity index (χ1) is 15.9. The molecule has 2 atom stereocenters. The zero-order chi connectivity index (χ0) is 24.0. The molecule has 0 aromatic heterocycles. The smallest absolute Gasteiger partial charge is 0.268 e. The highest BCUT2D eigenvalue weighted by molar-refractivity contribution is 7.86. The van der Waals surface area contributed by atoms with E-state index in [2.05, 4.69) is 19.6 Å². The molecule has 0 aliphatic carbocycles. The minimum atomic E-state index is -1.37. The maximum atomic E-state index is 13.8. The lowest BCUT2D eigenvalue weighted by Gasteiger charge is -2.28. The number of carbonyl (C=O) groups excluding carboxylic acids is 1. The number of nitriles is 1. The molecular weight excluding hydrogens is 438 g/mol. The number of unbranched alkanes of at least 4 members (excludes halogenated alkanes) is 1. The number of allylic oxidation sites excluding steroid dienone is 2. The van der Waals surface area contributed by atoms with Crippen molar-refractivity contribution in [2.75, 3.05) is 37.8 Å². The number of rotatable bonds is 9. The minimum absolute atomic E-state index is 0.299. The third-order valence-corrected chi connectivity index (χ3v) is 7.32. The number of amides is 1. The van der Waals surface area contributed by atoms with Crippen molar-refractivity contribution in [1.82, 2.24) is 4.31 Å². The van der Waals surface area contributed by atoms with Crippen LogP contribution in [-0.2, 0) is 25.3 Å². The van der Waals surface area contributed by atoms with E-state index in [9.17, 15) is 14.3 Å². The minimum Gasteiger partial charge on any atom is -0.379 e. The van der Waals surface area contributed by atoms with Gasteiger partial charge in [0.1, 0.15) is 17.1 Å². The van der Waals surface area contributed by atoms with E-state index < -0.39 is 16.6 Å². The summed E-state index contributed by atoms with van der Waals surface area (Å²) in [6.45, 7) is 12.2. The van der Waals surface area contributed by atoms with Gasteiger partial charge < -0.3 is 9.47 Å². The zero-order valence-corrected chi connectivity index (χ0v) is 20.3. The van der Waals surface area contributed by atoms with Gasteiger partial charge in [0.05, 0.1) is 30.2 Å². The standard InChI is InChI=1S/C25H31N3O4S/c1-5-7-14-32-25(4)21(17-19(3)33(30)27-12-15-31-16-13-27)22(6-2)28(24(25)29)23-11-9-8-10-20(23)18-26/h6,8-11,17H,2,5,7,12-16H2,1,3-4H3. The number of para-hydroxylation sites is 1. The topological polar surface area (TPSA) is 82.9 Å². The first kappa shape index (κ1) is 25.1. The largest absolute Gasteiger partial charge is 0.379 e. The molecule has 176 valence electrons. The van der Waals surface area contributed by atoms with Crippen molar-refractivity contribution in [3.05, 3.63) is 64.7 Å². The van der Waals surface area contributed by atoms with Gasteiger partial charge >= 0.3 is 0 Å². The number of carbonyl (C=O) groups is 1. The van der Waals surface area contributed by atoms with Gasteiger partial charge in [-0.2, -0.15) is 5.26 Å². The third kappa shape index (κ3) is 5.02. The van der Waals surface area contributed by atoms with Crippen molar-refractivity contribution < 1.29 is 18.5 Å². The Bertz CT molecular complexity index is 1040. The molecule has 3 rings (SSSR count). The van der Waals surface area contributed by atoms with Crippen LogP contribution in [0.5, 0.6) is 0 Å². The second kappa shape index (κ2) is 11.0. The van der Waals surface area contributed by atoms with E-state index in [1.54, 1.807) is 50.3 Å². The average Bonchev–Trinajstić information content (AvgIpc) is 3.05. The maximum absolute atomic E-state index is 13.8. The molecule has 0 saturated carbocycles. The number of hydrogen-bond donors (Lipinski definition) is 0. The Balaban J connectivity index is 2.11. The van der Waals surface area contributed by atoms with Gasteiger partial charge in [0.2, 0.25) is 0 Å². The Morgan fingerprint density at radius 2 is 2.06 bits per heavy atom. The zero-order valence-electron chi connectivity index (χ0n) is 19.5. The molecule has 0 N–H and O–H groups in total. The highest BCUT2D eigenvalue weighted by atomic mass is 32.2. The fourth-order valence-electron chi connectivity index (χ4n) is 3.95. The molecule has 1 saturated heterocycles. The van der Waals surface area contributed by atoms with Crippen LogP contribution < -0.4 is 4.90 Å². The summed E-state index contributed by atoms with van der Waals surface area (Å²) in [6, 6.07) is 9.11. The summed E-state index contributed by atoms with van der Waals surface area (Å²) in [4.78, 5) is 15.9. The SMILES string of the molecule is C=CC1=C(C=C(C)S(=O)N2CCOCC2)C(C)(OCCCC)C(=O)N1c1ccccc1C#N. The van der Waals surface area contributed by atoms with Gasteiger partial charge in [-0.25, -0.2) is 8.51 Å². The number of hydrogen-bond acceptors (Lipinski definition) is 5. The van der Waals surface area contributed by atoms with Gasteiger partial charge in [-0.15, -0.1) is 0 Å². The summed E-state index contributed by atoms with van der Waals surface area (Å²) in [6.07, 6.45) is 5.10. The second-order valence-corrected chi connectivity index (χ2v) is 9.71. The van der Waals surface area contributed by atoms with E-state index in [1.807, 2.05) is 4.31 Å². The second-order valence-electron chi connectivity index (χ2n) is 8.05. The highest BCUT2D eigenvalue weighted by Gasteiger charge is 2.50. The molecule has 2 aliphatic rings. The van der Waals surface area contributed by atoms with E-state index in [1.165, 1.54) is 4.90 Å². The Hall–Kier alpha value is -2.57. The van der Waals surface area contributed by atoms with E-state index in [-0.39, 0.29) is 5.91 Å². The molecule has 7 nitrogen and oxygen atoms in total. The Labute approximate surface area is 198 Å². The Morgan fingerprint density at radius 3 is 2.70 bits per heavy atom. The molecule has 0 spiro atoms. The first-order valence-electron chi connectivity index (χ1n) is 11.2. The lowest BCUT2D eigenvalue weighted by Crippen LogP contribution is -2.43. The van der Waals surface area contributed by atoms with Crippen molar-refractivity contribution in [3.8, 4) is 6.07 Å². The van der Waals surface area contributed by atoms with Crippen LogP contribution in [0.15, 0.2) is 59.2 Å². The van der Waals surface area contributed by atoms with E-state index in [0.29, 0.717) is 60.3 Å². The van der Waals surface area contributed by atoms with Crippen LogP contribution in [0.2, 0.25) is 0 Å². The molecule has 2 aliphatic heterocycles. The summed E-state index contributed by atoms with van der Waals surface area (Å²) >= 11 is 0. The monoisotopic (exact) mass is 469 g/mol. The molecule has 1 aromatic rings. The molecule has 1 fully saturated rings. The fraction of sp³-hybridized carbons (Fsp3) is 0.440. The quantitative estimate of drug-likeness (QED) is 0.514. The molecule has 1 amide bonds. The molecule has 33 heavy (non-hydrogen) atoms. The summed E-state index contributed by atoms with van der Waals surface area (Å²) in [5, 5.41) is 9.63. The molecular formula is C25H31N3O4S. The first-order valence-corrected chi connectivity index (χ1v) is 12.3. The van der Waals surface area contributed by atoms with Crippen molar-refractivity contribution >= 4 is 22.6 Å². The lowest BCUT2D eigenvalue weighted by atomic mass is 9.95. The number of ether oxygens (including phenoxy) is 2. The lowest BCUT2D eigenvalue weighted by molar-refractivity contribution is -0.135. The van der Waals surface area contributed by atoms with Crippen LogP contribution in [0.3, 0.4) is 0 Å². The summed E-state index contributed by atoms with van der Waals surface area (Å²) in [5.41, 5.74) is 0.670. The molecule has 2 heterocycles. The Kier molecular flexibility index (Phi) is 8.38. The van der Waals surface area contributed by atoms with Crippen LogP contribution in [0.4, 0.5) is 5.69 Å². The van der Waals surface area contributed by atoms with E-state index in [0.717, 1.165) is 12.8 Å². The molecule has 2 unspecified atom stereocenters. The number of anilines is 1. The normalized spacial score (nSPS) is 23.0. The summed E-state index contributed by atoms with van der Waals surface area (Å²) in [7, 11) is -1.37. The van der Waals surface area contributed by atoms with Crippen LogP contribution in [-0.4, -0.2) is 52.9 Å². The van der Waals surface area contributed by atoms with Gasteiger partial charge in [-0.3, -0.25) is 9.69 Å². The number of benzene rings is 1. The maximum Gasteiger partial charge on any atom is 0.268 e. The van der Waals surface area contributed by atoms with Gasteiger partial charge in [-0.1, -0.05) is 32.1 Å². The van der Waals surface area contributed by atoms with Crippen molar-refractivity contribution in [1.29, 1.82) is 5.26 Å². The van der Waals surface area contributed by atoms with Gasteiger partial charge in [0, 0.05) is 30.2 Å². The van der Waals surface area contributed by atoms with E-state index in [4.69, 9.17) is 9.47 Å². The molecule has 0 radical (unpaired) electrons. The number of morpholine rings is 1. The fourth-order valence-corrected chi connectivity index (χ4v) is 5.05. The molecule has 0 bridgehead atoms. The van der Waals surface area contributed by atoms with Crippen LogP contribution in [0, 0.1) is 11.3 Å². The predicted octanol–water partition coefficient (Wildman–Crippen LogP) is 3.82. The third-order valence-electron chi connectivity index (χ3n) is 5.82. The van der Waals surface area contributed by atoms with Crippen LogP contribution in [0.25, 0.3) is 0 Å². The van der Waals surface area contributed by atoms with Crippen molar-refractivity contribution in [2.45, 2.75) is 39.2 Å². The van der Waals surface area contributed by atoms with Crippen LogP contribution in [0.1, 0.15) is 39.2 Å². The summed E-state index contributed by atoms with van der Waals surface area (Å²) < 4.78 is 26.6. The van der Waals surface area contributed by atoms with Gasteiger partial charge in [0.15, 0.2) is 5.60 Å². The van der Waals surface area contributed by atoms with Crippen LogP contribution >= 0.6 is 0 Å². The van der Waals surface area contributed by atoms with E-state index >= 15 is 0 Å². The highest BCUT2D eigenvalue weighted by Crippen LogP contribution is 2.42. The number of nitrogens with zero attached hydrogens (tertiary/aromatic N) is 3. The predicted molar refractivity (Wildman–Crippen MR) is 129 cm³/mol. The summed E-state index contributed by atoms with van der Waals surface area (Å²) in [5.74, 6) is -0.299. The van der Waals surface area contributed by atoms with Crippen molar-refractivity contribution in [3.63, 3.8) is 0 Å². The molecule has 8 heteroatoms. The Morgan fingerprint density at radius 1 is 1.36 bits per heavy atom. The molecule has 1 aromatic carbocycles. The van der Waals surface area contributed by atoms with Gasteiger partial charge in [0.25, 0.3) is 5.91 Å². The van der Waals surface area contributed by atoms with Gasteiger partial charge in [-0.05, 0) is 44.6 Å². The average molecular weight is 470 g/mol.